The first kappa shape index (κ1) is 19.5. The van der Waals surface area contributed by atoms with Crippen molar-refractivity contribution in [3.05, 3.63) is 24.0 Å². The van der Waals surface area contributed by atoms with Gasteiger partial charge in [-0.3, -0.25) is 4.79 Å². The molecular weight excluding hydrogens is 344 g/mol. The van der Waals surface area contributed by atoms with Gasteiger partial charge in [-0.05, 0) is 50.7 Å². The van der Waals surface area contributed by atoms with Gasteiger partial charge in [-0.1, -0.05) is 6.92 Å². The quantitative estimate of drug-likeness (QED) is 0.877. The third-order valence-corrected chi connectivity index (χ3v) is 5.49. The van der Waals surface area contributed by atoms with Gasteiger partial charge in [0.2, 0.25) is 0 Å². The van der Waals surface area contributed by atoms with Crippen LogP contribution in [0.4, 0.5) is 10.5 Å². The monoisotopic (exact) mass is 374 g/mol. The maximum Gasteiger partial charge on any atom is 0.409 e. The molecule has 2 fully saturated rings. The standard InChI is InChI=1S/C20H30N4O3/c1-3-27-20(26)24-12-8-16(9-13-24)22-19(25)18-5-4-17(14-21-18)23-10-6-15(2)7-11-23/h4-5,14-16H,3,6-13H2,1-2H3,(H,22,25). The van der Waals surface area contributed by atoms with Gasteiger partial charge in [-0.25, -0.2) is 9.78 Å². The second-order valence-electron chi connectivity index (χ2n) is 7.50. The molecule has 1 N–H and O–H groups in total. The number of carbonyl (C=O) groups is 2. The Labute approximate surface area is 161 Å². The summed E-state index contributed by atoms with van der Waals surface area (Å²) in [5.74, 6) is 0.637. The first-order chi connectivity index (χ1) is 13.1. The van der Waals surface area contributed by atoms with Crippen LogP contribution in [-0.2, 0) is 4.74 Å². The van der Waals surface area contributed by atoms with Crippen molar-refractivity contribution in [1.82, 2.24) is 15.2 Å². The summed E-state index contributed by atoms with van der Waals surface area (Å²) >= 11 is 0. The highest BCUT2D eigenvalue weighted by Gasteiger charge is 2.25. The average Bonchev–Trinajstić information content (AvgIpc) is 2.69. The average molecular weight is 374 g/mol. The number of nitrogens with one attached hydrogen (secondary N) is 1. The molecular formula is C20H30N4O3. The maximum absolute atomic E-state index is 12.5. The summed E-state index contributed by atoms with van der Waals surface area (Å²) in [6.45, 7) is 7.77. The van der Waals surface area contributed by atoms with Crippen molar-refractivity contribution < 1.29 is 14.3 Å². The molecule has 27 heavy (non-hydrogen) atoms. The van der Waals surface area contributed by atoms with Gasteiger partial charge in [0.1, 0.15) is 5.69 Å². The summed E-state index contributed by atoms with van der Waals surface area (Å²) in [4.78, 5) is 32.6. The van der Waals surface area contributed by atoms with E-state index in [9.17, 15) is 9.59 Å². The molecule has 3 rings (SSSR count). The number of hydrogen-bond donors (Lipinski definition) is 1. The molecule has 0 aliphatic carbocycles. The second kappa shape index (κ2) is 9.06. The maximum atomic E-state index is 12.5. The minimum absolute atomic E-state index is 0.0632. The fourth-order valence-electron chi connectivity index (χ4n) is 3.65. The number of piperidine rings is 2. The van der Waals surface area contributed by atoms with Crippen molar-refractivity contribution in [3.8, 4) is 0 Å². The number of carbonyl (C=O) groups excluding carboxylic acids is 2. The Morgan fingerprint density at radius 2 is 1.85 bits per heavy atom. The van der Waals surface area contributed by atoms with E-state index < -0.39 is 0 Å². The number of hydrogen-bond acceptors (Lipinski definition) is 5. The summed E-state index contributed by atoms with van der Waals surface area (Å²) in [5, 5.41) is 3.04. The van der Waals surface area contributed by atoms with Crippen LogP contribution in [0.3, 0.4) is 0 Å². The Morgan fingerprint density at radius 3 is 2.44 bits per heavy atom. The lowest BCUT2D eigenvalue weighted by atomic mass is 9.99. The number of aromatic nitrogens is 1. The van der Waals surface area contributed by atoms with E-state index in [0.29, 0.717) is 25.4 Å². The predicted molar refractivity (Wildman–Crippen MR) is 104 cm³/mol. The first-order valence-electron chi connectivity index (χ1n) is 10.0. The van der Waals surface area contributed by atoms with Crippen LogP contribution in [0.15, 0.2) is 18.3 Å². The van der Waals surface area contributed by atoms with E-state index >= 15 is 0 Å². The number of nitrogens with zero attached hydrogens (tertiary/aromatic N) is 3. The smallest absolute Gasteiger partial charge is 0.409 e. The molecule has 0 spiro atoms. The second-order valence-corrected chi connectivity index (χ2v) is 7.50. The molecule has 3 heterocycles. The SMILES string of the molecule is CCOC(=O)N1CCC(NC(=O)c2ccc(N3CCC(C)CC3)cn2)CC1. The van der Waals surface area contributed by atoms with E-state index in [1.807, 2.05) is 6.07 Å². The van der Waals surface area contributed by atoms with Gasteiger partial charge in [-0.2, -0.15) is 0 Å². The van der Waals surface area contributed by atoms with Crippen molar-refractivity contribution in [1.29, 1.82) is 0 Å². The molecule has 148 valence electrons. The van der Waals surface area contributed by atoms with Crippen molar-refractivity contribution in [2.45, 2.75) is 45.6 Å². The molecule has 2 aliphatic heterocycles. The molecule has 1 aromatic heterocycles. The van der Waals surface area contributed by atoms with Gasteiger partial charge in [0.15, 0.2) is 0 Å². The summed E-state index contributed by atoms with van der Waals surface area (Å²) < 4.78 is 5.02. The Kier molecular flexibility index (Phi) is 6.53. The Balaban J connectivity index is 1.48. The summed E-state index contributed by atoms with van der Waals surface area (Å²) in [6, 6.07) is 3.85. The lowest BCUT2D eigenvalue weighted by Crippen LogP contribution is -2.46. The van der Waals surface area contributed by atoms with E-state index in [4.69, 9.17) is 4.74 Å². The Hall–Kier alpha value is -2.31. The van der Waals surface area contributed by atoms with E-state index in [2.05, 4.69) is 22.1 Å². The zero-order valence-corrected chi connectivity index (χ0v) is 16.3. The van der Waals surface area contributed by atoms with Crippen LogP contribution >= 0.6 is 0 Å². The first-order valence-corrected chi connectivity index (χ1v) is 10.0. The van der Waals surface area contributed by atoms with Crippen molar-refractivity contribution >= 4 is 17.7 Å². The van der Waals surface area contributed by atoms with Crippen LogP contribution in [0.1, 0.15) is 50.0 Å². The van der Waals surface area contributed by atoms with Crippen LogP contribution in [0, 0.1) is 5.92 Å². The Morgan fingerprint density at radius 1 is 1.15 bits per heavy atom. The summed E-state index contributed by atoms with van der Waals surface area (Å²) in [6.07, 6.45) is 5.39. The molecule has 0 unspecified atom stereocenters. The van der Waals surface area contributed by atoms with E-state index in [1.165, 1.54) is 12.8 Å². The molecule has 0 atom stereocenters. The van der Waals surface area contributed by atoms with Gasteiger partial charge < -0.3 is 19.9 Å². The highest BCUT2D eigenvalue weighted by atomic mass is 16.6. The van der Waals surface area contributed by atoms with Gasteiger partial charge in [0, 0.05) is 32.2 Å². The normalized spacial score (nSPS) is 19.0. The number of anilines is 1. The summed E-state index contributed by atoms with van der Waals surface area (Å²) in [5.41, 5.74) is 1.53. The van der Waals surface area contributed by atoms with Gasteiger partial charge in [0.05, 0.1) is 18.5 Å². The lowest BCUT2D eigenvalue weighted by molar-refractivity contribution is 0.0856. The van der Waals surface area contributed by atoms with E-state index in [1.54, 1.807) is 24.1 Å². The van der Waals surface area contributed by atoms with E-state index in [0.717, 1.165) is 37.5 Å². The Bertz CT molecular complexity index is 633. The van der Waals surface area contributed by atoms with Crippen LogP contribution < -0.4 is 10.2 Å². The zero-order valence-electron chi connectivity index (χ0n) is 16.3. The number of likely N-dealkylation sites (tertiary alicyclic amines) is 1. The molecule has 7 heteroatoms. The van der Waals surface area contributed by atoms with Crippen molar-refractivity contribution in [2.75, 3.05) is 37.7 Å². The highest BCUT2D eigenvalue weighted by molar-refractivity contribution is 5.92. The van der Waals surface area contributed by atoms with Crippen molar-refractivity contribution in [3.63, 3.8) is 0 Å². The minimum Gasteiger partial charge on any atom is -0.450 e. The fourth-order valence-corrected chi connectivity index (χ4v) is 3.65. The van der Waals surface area contributed by atoms with Crippen LogP contribution in [0.2, 0.25) is 0 Å². The third-order valence-electron chi connectivity index (χ3n) is 5.49. The summed E-state index contributed by atoms with van der Waals surface area (Å²) in [7, 11) is 0. The predicted octanol–water partition coefficient (Wildman–Crippen LogP) is 2.67. The fraction of sp³-hybridized carbons (Fsp3) is 0.650. The number of pyridine rings is 1. The van der Waals surface area contributed by atoms with E-state index in [-0.39, 0.29) is 18.0 Å². The van der Waals surface area contributed by atoms with Crippen LogP contribution in [-0.4, -0.2) is 60.7 Å². The number of rotatable bonds is 4. The van der Waals surface area contributed by atoms with Crippen molar-refractivity contribution in [2.24, 2.45) is 5.92 Å². The van der Waals surface area contributed by atoms with Crippen LogP contribution in [0.25, 0.3) is 0 Å². The number of ether oxygens (including phenoxy) is 1. The molecule has 7 nitrogen and oxygen atoms in total. The van der Waals surface area contributed by atoms with Gasteiger partial charge in [0.25, 0.3) is 5.91 Å². The minimum atomic E-state index is -0.272. The van der Waals surface area contributed by atoms with Gasteiger partial charge >= 0.3 is 6.09 Å². The molecule has 1 aromatic rings. The largest absolute Gasteiger partial charge is 0.450 e. The third kappa shape index (κ3) is 5.11. The number of amides is 2. The molecule has 2 aliphatic rings. The molecule has 0 bridgehead atoms. The molecule has 2 saturated heterocycles. The van der Waals surface area contributed by atoms with Gasteiger partial charge in [-0.15, -0.1) is 0 Å². The zero-order chi connectivity index (χ0) is 19.2. The molecule has 2 amide bonds. The molecule has 0 aromatic carbocycles. The van der Waals surface area contributed by atoms with Crippen LogP contribution in [0.5, 0.6) is 0 Å². The molecule has 0 radical (unpaired) electrons. The molecule has 0 saturated carbocycles. The highest BCUT2D eigenvalue weighted by Crippen LogP contribution is 2.22. The lowest BCUT2D eigenvalue weighted by Gasteiger charge is -2.32. The topological polar surface area (TPSA) is 74.8 Å².